The van der Waals surface area contributed by atoms with E-state index in [1.807, 2.05) is 6.92 Å². The van der Waals surface area contributed by atoms with Gasteiger partial charge in [0.2, 0.25) is 10.0 Å². The highest BCUT2D eigenvalue weighted by Crippen LogP contribution is 2.23. The van der Waals surface area contributed by atoms with E-state index in [-0.39, 0.29) is 16.4 Å². The Bertz CT molecular complexity index is 924. The van der Waals surface area contributed by atoms with Crippen LogP contribution in [0.15, 0.2) is 52.5 Å². The van der Waals surface area contributed by atoms with Gasteiger partial charge in [0.1, 0.15) is 0 Å². The van der Waals surface area contributed by atoms with Crippen LogP contribution in [0.4, 0.5) is 0 Å². The number of hydrogen-bond donors (Lipinski definition) is 3. The Hall–Kier alpha value is -2.91. The summed E-state index contributed by atoms with van der Waals surface area (Å²) < 4.78 is 25.7. The molecule has 0 atom stereocenters. The summed E-state index contributed by atoms with van der Waals surface area (Å²) >= 11 is 0. The van der Waals surface area contributed by atoms with E-state index >= 15 is 0 Å². The molecule has 8 nitrogen and oxygen atoms in total. The number of benzene rings is 2. The first kappa shape index (κ1) is 19.4. The molecule has 2 aromatic rings. The number of sulfonamides is 1. The van der Waals surface area contributed by atoms with Gasteiger partial charge in [-0.15, -0.1) is 0 Å². The maximum Gasteiger partial charge on any atom is 0.255 e. The van der Waals surface area contributed by atoms with Crippen LogP contribution in [0.5, 0.6) is 11.5 Å². The van der Waals surface area contributed by atoms with Crippen LogP contribution in [0.1, 0.15) is 11.1 Å². The maximum absolute atomic E-state index is 12.4. The van der Waals surface area contributed by atoms with Crippen LogP contribution in [0, 0.1) is 6.92 Å². The van der Waals surface area contributed by atoms with Gasteiger partial charge in [-0.1, -0.05) is 17.7 Å². The van der Waals surface area contributed by atoms with Gasteiger partial charge in [0, 0.05) is 7.05 Å². The van der Waals surface area contributed by atoms with Crippen LogP contribution in [0.25, 0.3) is 0 Å². The molecule has 138 valence electrons. The second-order valence-electron chi connectivity index (χ2n) is 5.62. The molecule has 0 unspecified atom stereocenters. The molecule has 0 saturated carbocycles. The van der Waals surface area contributed by atoms with Crippen molar-refractivity contribution >= 4 is 22.1 Å². The number of aryl methyl sites for hydroxylation is 1. The van der Waals surface area contributed by atoms with Crippen LogP contribution in [0.2, 0.25) is 0 Å². The summed E-state index contributed by atoms with van der Waals surface area (Å²) in [7, 11) is -2.48. The number of rotatable bonds is 6. The van der Waals surface area contributed by atoms with Crippen molar-refractivity contribution in [3.8, 4) is 11.5 Å². The van der Waals surface area contributed by atoms with Gasteiger partial charge in [-0.3, -0.25) is 4.79 Å². The normalized spacial score (nSPS) is 11.8. The lowest BCUT2D eigenvalue weighted by Gasteiger charge is -2.16. The highest BCUT2D eigenvalue weighted by molar-refractivity contribution is 7.89. The van der Waals surface area contributed by atoms with E-state index in [1.165, 1.54) is 43.6 Å². The minimum absolute atomic E-state index is 0.0986. The third kappa shape index (κ3) is 4.80. The number of nitrogens with zero attached hydrogens (tertiary/aromatic N) is 2. The Morgan fingerprint density at radius 2 is 1.81 bits per heavy atom. The summed E-state index contributed by atoms with van der Waals surface area (Å²) in [6, 6.07) is 10.3. The molecule has 3 N–H and O–H groups in total. The quantitative estimate of drug-likeness (QED) is 0.397. The van der Waals surface area contributed by atoms with Crippen LogP contribution in [-0.4, -0.2) is 48.7 Å². The molecule has 0 aliphatic rings. The van der Waals surface area contributed by atoms with Gasteiger partial charge in [-0.25, -0.2) is 13.8 Å². The molecule has 2 rings (SSSR count). The predicted octanol–water partition coefficient (Wildman–Crippen LogP) is 1.18. The maximum atomic E-state index is 12.4. The minimum Gasteiger partial charge on any atom is -0.504 e. The van der Waals surface area contributed by atoms with Gasteiger partial charge in [-0.05, 0) is 42.8 Å². The fraction of sp³-hybridized carbons (Fsp3) is 0.176. The lowest BCUT2D eigenvalue weighted by atomic mass is 10.2. The van der Waals surface area contributed by atoms with Gasteiger partial charge >= 0.3 is 0 Å². The first-order valence-electron chi connectivity index (χ1n) is 7.57. The molecule has 2 aromatic carbocycles. The predicted molar refractivity (Wildman–Crippen MR) is 96.5 cm³/mol. The highest BCUT2D eigenvalue weighted by atomic mass is 32.2. The van der Waals surface area contributed by atoms with Gasteiger partial charge < -0.3 is 10.2 Å². The van der Waals surface area contributed by atoms with Crippen molar-refractivity contribution in [2.45, 2.75) is 11.8 Å². The molecule has 9 heteroatoms. The fourth-order valence-corrected chi connectivity index (χ4v) is 3.14. The molecule has 0 spiro atoms. The monoisotopic (exact) mass is 377 g/mol. The van der Waals surface area contributed by atoms with Crippen LogP contribution in [-0.2, 0) is 14.8 Å². The zero-order valence-corrected chi connectivity index (χ0v) is 15.1. The fourth-order valence-electron chi connectivity index (χ4n) is 2.01. The number of likely N-dealkylation sites (N-methyl/N-ethyl adjacent to an activating group) is 1. The second-order valence-corrected chi connectivity index (χ2v) is 7.66. The minimum atomic E-state index is -3.78. The number of carbonyl (C=O) groups excluding carboxylic acids is 1. The Balaban J connectivity index is 1.97. The molecule has 0 aliphatic carbocycles. The van der Waals surface area contributed by atoms with Crippen molar-refractivity contribution in [1.82, 2.24) is 9.73 Å². The molecule has 0 bridgehead atoms. The van der Waals surface area contributed by atoms with Crippen LogP contribution >= 0.6 is 0 Å². The van der Waals surface area contributed by atoms with E-state index in [0.29, 0.717) is 5.56 Å². The molecule has 0 radical (unpaired) electrons. The number of nitrogens with one attached hydrogen (secondary N) is 1. The summed E-state index contributed by atoms with van der Waals surface area (Å²) in [5.41, 5.74) is 3.58. The second kappa shape index (κ2) is 7.98. The number of aromatic hydroxyl groups is 2. The molecular formula is C17H19N3O5S. The number of amides is 1. The van der Waals surface area contributed by atoms with Gasteiger partial charge in [0.25, 0.3) is 5.91 Å². The number of phenols is 2. The lowest BCUT2D eigenvalue weighted by molar-refractivity contribution is -0.121. The van der Waals surface area contributed by atoms with E-state index in [1.54, 1.807) is 12.1 Å². The van der Waals surface area contributed by atoms with Crippen LogP contribution < -0.4 is 5.43 Å². The standard InChI is InChI=1S/C17H19N3O5S/c1-12-3-6-14(7-4-12)26(24,25)20(2)11-17(23)19-18-10-13-5-8-15(21)16(22)9-13/h3-10,21-22H,11H2,1-2H3,(H,19,23)/b18-10+. The lowest BCUT2D eigenvalue weighted by Crippen LogP contribution is -2.36. The van der Waals surface area contributed by atoms with E-state index in [9.17, 15) is 23.4 Å². The number of phenolic OH excluding ortho intramolecular Hbond substituents is 2. The van der Waals surface area contributed by atoms with Crippen molar-refractivity contribution in [1.29, 1.82) is 0 Å². The number of hydrogen-bond acceptors (Lipinski definition) is 6. The van der Waals surface area contributed by atoms with Crippen molar-refractivity contribution < 1.29 is 23.4 Å². The highest BCUT2D eigenvalue weighted by Gasteiger charge is 2.22. The first-order valence-corrected chi connectivity index (χ1v) is 9.01. The van der Waals surface area contributed by atoms with Crippen molar-refractivity contribution in [2.24, 2.45) is 5.10 Å². The zero-order chi connectivity index (χ0) is 19.3. The number of carbonyl (C=O) groups is 1. The topological polar surface area (TPSA) is 119 Å². The summed E-state index contributed by atoms with van der Waals surface area (Å²) in [4.78, 5) is 12.0. The SMILES string of the molecule is Cc1ccc(S(=O)(=O)N(C)CC(=O)N/N=C/c2ccc(O)c(O)c2)cc1. The van der Waals surface area contributed by atoms with Crippen molar-refractivity contribution in [3.05, 3.63) is 53.6 Å². The molecule has 0 fully saturated rings. The molecular weight excluding hydrogens is 358 g/mol. The summed E-state index contributed by atoms with van der Waals surface area (Å²) in [6.07, 6.45) is 1.26. The van der Waals surface area contributed by atoms with E-state index in [0.717, 1.165) is 9.87 Å². The Morgan fingerprint density at radius 3 is 2.42 bits per heavy atom. The molecule has 0 aliphatic heterocycles. The Kier molecular flexibility index (Phi) is 5.96. The average molecular weight is 377 g/mol. The Morgan fingerprint density at radius 1 is 1.15 bits per heavy atom. The van der Waals surface area contributed by atoms with E-state index < -0.39 is 22.5 Å². The van der Waals surface area contributed by atoms with Gasteiger partial charge in [0.05, 0.1) is 17.7 Å². The van der Waals surface area contributed by atoms with E-state index in [4.69, 9.17) is 0 Å². The molecule has 0 saturated heterocycles. The van der Waals surface area contributed by atoms with Crippen molar-refractivity contribution in [3.63, 3.8) is 0 Å². The molecule has 0 aromatic heterocycles. The summed E-state index contributed by atoms with van der Waals surface area (Å²) in [5, 5.41) is 22.3. The van der Waals surface area contributed by atoms with Gasteiger partial charge in [0.15, 0.2) is 11.5 Å². The third-order valence-electron chi connectivity index (χ3n) is 3.50. The Labute approximate surface area is 151 Å². The summed E-state index contributed by atoms with van der Waals surface area (Å²) in [6.45, 7) is 1.44. The number of hydrazone groups is 1. The molecule has 1 amide bonds. The molecule has 26 heavy (non-hydrogen) atoms. The zero-order valence-electron chi connectivity index (χ0n) is 14.2. The first-order chi connectivity index (χ1) is 12.2. The average Bonchev–Trinajstić information content (AvgIpc) is 2.58. The largest absolute Gasteiger partial charge is 0.504 e. The van der Waals surface area contributed by atoms with E-state index in [2.05, 4.69) is 10.5 Å². The van der Waals surface area contributed by atoms with Crippen molar-refractivity contribution in [2.75, 3.05) is 13.6 Å². The molecule has 0 heterocycles. The summed E-state index contributed by atoms with van der Waals surface area (Å²) in [5.74, 6) is -1.21. The smallest absolute Gasteiger partial charge is 0.255 e. The third-order valence-corrected chi connectivity index (χ3v) is 5.32. The van der Waals surface area contributed by atoms with Crippen LogP contribution in [0.3, 0.4) is 0 Å². The van der Waals surface area contributed by atoms with Gasteiger partial charge in [-0.2, -0.15) is 9.41 Å².